The molecule has 0 heterocycles. The molecule has 3 rings (SSSR count). The van der Waals surface area contributed by atoms with Crippen molar-refractivity contribution in [2.24, 2.45) is 23.5 Å². The predicted molar refractivity (Wildman–Crippen MR) is 80.1 cm³/mol. The summed E-state index contributed by atoms with van der Waals surface area (Å²) in [4.78, 5) is 24.0. The van der Waals surface area contributed by atoms with Crippen LogP contribution in [0.4, 0.5) is 0 Å². The summed E-state index contributed by atoms with van der Waals surface area (Å²) in [5, 5.41) is 2.84. The van der Waals surface area contributed by atoms with Crippen LogP contribution in [0.1, 0.15) is 18.4 Å². The number of fused-ring (bicyclic) bond motifs is 2. The maximum Gasteiger partial charge on any atom is 0.240 e. The van der Waals surface area contributed by atoms with Gasteiger partial charge in [-0.2, -0.15) is 0 Å². The molecule has 4 heteroatoms. The zero-order chi connectivity index (χ0) is 14.8. The lowest BCUT2D eigenvalue weighted by Crippen LogP contribution is -2.48. The molecular weight excluding hydrogens is 264 g/mol. The van der Waals surface area contributed by atoms with E-state index in [2.05, 4.69) is 17.5 Å². The number of benzene rings is 1. The molecule has 1 fully saturated rings. The van der Waals surface area contributed by atoms with Crippen LogP contribution in [0.25, 0.3) is 0 Å². The van der Waals surface area contributed by atoms with E-state index in [1.165, 1.54) is 0 Å². The highest BCUT2D eigenvalue weighted by atomic mass is 16.2. The number of nitrogens with one attached hydrogen (secondary N) is 1. The van der Waals surface area contributed by atoms with Crippen LogP contribution in [0, 0.1) is 17.8 Å². The van der Waals surface area contributed by atoms with Gasteiger partial charge >= 0.3 is 0 Å². The molecular formula is C17H20N2O2. The summed E-state index contributed by atoms with van der Waals surface area (Å²) in [7, 11) is 0. The van der Waals surface area contributed by atoms with E-state index in [0.29, 0.717) is 18.3 Å². The monoisotopic (exact) mass is 284 g/mol. The number of rotatable bonds is 5. The first kappa shape index (κ1) is 13.9. The van der Waals surface area contributed by atoms with Gasteiger partial charge in [-0.05, 0) is 30.2 Å². The summed E-state index contributed by atoms with van der Waals surface area (Å²) in [6.07, 6.45) is 6.74. The first-order valence-electron chi connectivity index (χ1n) is 7.45. The van der Waals surface area contributed by atoms with Crippen molar-refractivity contribution in [3.8, 4) is 0 Å². The first-order valence-corrected chi connectivity index (χ1v) is 7.45. The lowest BCUT2D eigenvalue weighted by Gasteiger charge is -2.21. The number of nitrogens with two attached hydrogens (primary N) is 1. The van der Waals surface area contributed by atoms with Crippen LogP contribution in [0.3, 0.4) is 0 Å². The molecule has 2 amide bonds. The van der Waals surface area contributed by atoms with E-state index >= 15 is 0 Å². The highest BCUT2D eigenvalue weighted by molar-refractivity contribution is 5.88. The van der Waals surface area contributed by atoms with Crippen molar-refractivity contribution in [2.75, 3.05) is 0 Å². The van der Waals surface area contributed by atoms with Gasteiger partial charge in [0.05, 0.1) is 0 Å². The van der Waals surface area contributed by atoms with Crippen molar-refractivity contribution in [2.45, 2.75) is 25.3 Å². The van der Waals surface area contributed by atoms with E-state index in [1.807, 2.05) is 30.3 Å². The Morgan fingerprint density at radius 2 is 1.95 bits per heavy atom. The fourth-order valence-electron chi connectivity index (χ4n) is 3.43. The van der Waals surface area contributed by atoms with Crippen molar-refractivity contribution in [3.63, 3.8) is 0 Å². The average Bonchev–Trinajstić information content (AvgIpc) is 3.10. The number of carbonyl (C=O) groups excluding carboxylic acids is 2. The number of amides is 2. The zero-order valence-electron chi connectivity index (χ0n) is 11.9. The maximum absolute atomic E-state index is 12.4. The Morgan fingerprint density at radius 1 is 1.19 bits per heavy atom. The van der Waals surface area contributed by atoms with Crippen LogP contribution in [-0.2, 0) is 16.0 Å². The van der Waals surface area contributed by atoms with Crippen LogP contribution < -0.4 is 11.1 Å². The van der Waals surface area contributed by atoms with Crippen LogP contribution >= 0.6 is 0 Å². The number of hydrogen-bond donors (Lipinski definition) is 2. The second-order valence-electron chi connectivity index (χ2n) is 6.04. The first-order chi connectivity index (χ1) is 10.1. The highest BCUT2D eigenvalue weighted by Crippen LogP contribution is 2.43. The molecule has 2 aliphatic rings. The third-order valence-corrected chi connectivity index (χ3v) is 4.56. The Hall–Kier alpha value is -2.10. The van der Waals surface area contributed by atoms with E-state index in [-0.39, 0.29) is 11.8 Å². The van der Waals surface area contributed by atoms with Crippen LogP contribution in [0.15, 0.2) is 42.5 Å². The minimum absolute atomic E-state index is 0.00220. The van der Waals surface area contributed by atoms with Gasteiger partial charge in [-0.1, -0.05) is 42.5 Å². The number of allylic oxidation sites excluding steroid dienone is 2. The summed E-state index contributed by atoms with van der Waals surface area (Å²) >= 11 is 0. The molecule has 0 aliphatic heterocycles. The minimum Gasteiger partial charge on any atom is -0.368 e. The molecule has 1 aromatic rings. The number of hydrogen-bond acceptors (Lipinski definition) is 2. The largest absolute Gasteiger partial charge is 0.368 e. The SMILES string of the molecule is NC(=O)[C@H](Cc1ccccc1)NC(=O)[C@H]1C[C@H]2C=C[C@H]1C2. The summed E-state index contributed by atoms with van der Waals surface area (Å²) in [5.41, 5.74) is 6.43. The van der Waals surface area contributed by atoms with Crippen molar-refractivity contribution in [1.29, 1.82) is 0 Å². The smallest absolute Gasteiger partial charge is 0.240 e. The maximum atomic E-state index is 12.4. The molecule has 3 N–H and O–H groups in total. The Morgan fingerprint density at radius 3 is 2.52 bits per heavy atom. The van der Waals surface area contributed by atoms with Crippen LogP contribution in [0.5, 0.6) is 0 Å². The molecule has 21 heavy (non-hydrogen) atoms. The second kappa shape index (κ2) is 5.72. The van der Waals surface area contributed by atoms with Gasteiger partial charge in [-0.15, -0.1) is 0 Å². The highest BCUT2D eigenvalue weighted by Gasteiger charge is 2.40. The van der Waals surface area contributed by atoms with E-state index in [9.17, 15) is 9.59 Å². The van der Waals surface area contributed by atoms with Gasteiger partial charge in [0.1, 0.15) is 6.04 Å². The van der Waals surface area contributed by atoms with Gasteiger partial charge in [0.2, 0.25) is 11.8 Å². The van der Waals surface area contributed by atoms with E-state index in [4.69, 9.17) is 5.73 Å². The van der Waals surface area contributed by atoms with Gasteiger partial charge in [0.25, 0.3) is 0 Å². The zero-order valence-corrected chi connectivity index (χ0v) is 11.9. The number of primary amides is 1. The van der Waals surface area contributed by atoms with Crippen molar-refractivity contribution < 1.29 is 9.59 Å². The summed E-state index contributed by atoms with van der Waals surface area (Å²) in [6.45, 7) is 0. The quantitative estimate of drug-likeness (QED) is 0.802. The summed E-state index contributed by atoms with van der Waals surface area (Å²) in [5.74, 6) is 0.349. The minimum atomic E-state index is -0.636. The molecule has 2 aliphatic carbocycles. The normalized spacial score (nSPS) is 27.5. The van der Waals surface area contributed by atoms with Crippen molar-refractivity contribution in [1.82, 2.24) is 5.32 Å². The Labute approximate surface area is 124 Å². The second-order valence-corrected chi connectivity index (χ2v) is 6.04. The molecule has 0 saturated heterocycles. The molecule has 1 saturated carbocycles. The third kappa shape index (κ3) is 2.99. The molecule has 4 nitrogen and oxygen atoms in total. The Bertz CT molecular complexity index is 567. The standard InChI is InChI=1S/C17H20N2O2/c18-16(20)15(10-11-4-2-1-3-5-11)19-17(21)14-9-12-6-7-13(14)8-12/h1-7,12-15H,8-10H2,(H2,18,20)(H,19,21)/t12-,13-,14-,15-/m0/s1. The van der Waals surface area contributed by atoms with Gasteiger partial charge < -0.3 is 11.1 Å². The summed E-state index contributed by atoms with van der Waals surface area (Å²) < 4.78 is 0. The molecule has 0 spiro atoms. The number of carbonyl (C=O) groups is 2. The Kier molecular flexibility index (Phi) is 3.78. The lowest BCUT2D eigenvalue weighted by atomic mass is 9.92. The fourth-order valence-corrected chi connectivity index (χ4v) is 3.43. The van der Waals surface area contributed by atoms with Crippen LogP contribution in [0.2, 0.25) is 0 Å². The van der Waals surface area contributed by atoms with E-state index in [0.717, 1.165) is 18.4 Å². The lowest BCUT2D eigenvalue weighted by molar-refractivity contribution is -0.130. The molecule has 110 valence electrons. The van der Waals surface area contributed by atoms with E-state index in [1.54, 1.807) is 0 Å². The Balaban J connectivity index is 1.64. The topological polar surface area (TPSA) is 72.2 Å². The molecule has 0 radical (unpaired) electrons. The fraction of sp³-hybridized carbons (Fsp3) is 0.412. The van der Waals surface area contributed by atoms with E-state index < -0.39 is 11.9 Å². The van der Waals surface area contributed by atoms with Crippen LogP contribution in [-0.4, -0.2) is 17.9 Å². The van der Waals surface area contributed by atoms with Gasteiger partial charge in [-0.3, -0.25) is 9.59 Å². The van der Waals surface area contributed by atoms with Gasteiger partial charge in [0, 0.05) is 12.3 Å². The summed E-state index contributed by atoms with van der Waals surface area (Å²) in [6, 6.07) is 8.97. The van der Waals surface area contributed by atoms with Crippen molar-refractivity contribution >= 4 is 11.8 Å². The molecule has 4 atom stereocenters. The van der Waals surface area contributed by atoms with Gasteiger partial charge in [0.15, 0.2) is 0 Å². The molecule has 1 aromatic carbocycles. The molecule has 2 bridgehead atoms. The molecule has 0 unspecified atom stereocenters. The average molecular weight is 284 g/mol. The predicted octanol–water partition coefficient (Wildman–Crippen LogP) is 1.41. The van der Waals surface area contributed by atoms with Crippen molar-refractivity contribution in [3.05, 3.63) is 48.0 Å². The van der Waals surface area contributed by atoms with Gasteiger partial charge in [-0.25, -0.2) is 0 Å². The third-order valence-electron chi connectivity index (χ3n) is 4.56. The molecule has 0 aromatic heterocycles.